The van der Waals surface area contributed by atoms with E-state index in [1.165, 1.54) is 11.1 Å². The van der Waals surface area contributed by atoms with Crippen molar-refractivity contribution in [3.05, 3.63) is 118 Å². The van der Waals surface area contributed by atoms with Crippen LogP contribution in [0.1, 0.15) is 46.7 Å². The summed E-state index contributed by atoms with van der Waals surface area (Å²) < 4.78 is 1.01. The van der Waals surface area contributed by atoms with E-state index in [2.05, 4.69) is 74.7 Å². The second-order valence-corrected chi connectivity index (χ2v) is 12.0. The van der Waals surface area contributed by atoms with E-state index in [1.54, 1.807) is 0 Å². The van der Waals surface area contributed by atoms with Gasteiger partial charge in [0.1, 0.15) is 0 Å². The fourth-order valence-corrected chi connectivity index (χ4v) is 6.37. The van der Waals surface area contributed by atoms with Crippen LogP contribution in [0.15, 0.2) is 102 Å². The maximum absolute atomic E-state index is 14.1. The summed E-state index contributed by atoms with van der Waals surface area (Å²) in [5.74, 6) is 0.103. The van der Waals surface area contributed by atoms with Crippen molar-refractivity contribution in [3.63, 3.8) is 0 Å². The molecule has 218 valence electrons. The minimum Gasteiger partial charge on any atom is -0.350 e. The molecule has 1 heterocycles. The molecule has 2 amide bonds. The number of likely N-dealkylation sites (N-methyl/N-ethyl adjacent to an activating group) is 1. The summed E-state index contributed by atoms with van der Waals surface area (Å²) in [6.07, 6.45) is 2.22. The summed E-state index contributed by atoms with van der Waals surface area (Å²) in [5.41, 5.74) is 8.90. The van der Waals surface area contributed by atoms with Gasteiger partial charge in [0.25, 0.3) is 5.91 Å². The third-order valence-corrected chi connectivity index (χ3v) is 8.94. The average molecular weight is 628 g/mol. The van der Waals surface area contributed by atoms with Gasteiger partial charge in [-0.15, -0.1) is 0 Å². The predicted octanol–water partition coefficient (Wildman–Crippen LogP) is 5.80. The highest BCUT2D eigenvalue weighted by Gasteiger charge is 2.36. The molecule has 7 heteroatoms. The van der Waals surface area contributed by atoms with Gasteiger partial charge in [-0.2, -0.15) is 0 Å². The van der Waals surface area contributed by atoms with Crippen molar-refractivity contribution in [1.82, 2.24) is 15.1 Å². The molecule has 5 rings (SSSR count). The van der Waals surface area contributed by atoms with Crippen LogP contribution in [-0.2, 0) is 4.79 Å². The number of halogens is 1. The lowest BCUT2D eigenvalue weighted by Crippen LogP contribution is -2.50. The third-order valence-electron chi connectivity index (χ3n) is 8.45. The van der Waals surface area contributed by atoms with Crippen molar-refractivity contribution in [2.24, 2.45) is 5.73 Å². The first-order chi connectivity index (χ1) is 20.4. The Morgan fingerprint density at radius 2 is 1.60 bits per heavy atom. The lowest BCUT2D eigenvalue weighted by atomic mass is 9.90. The quantitative estimate of drug-likeness (QED) is 0.233. The Labute approximate surface area is 257 Å². The van der Waals surface area contributed by atoms with E-state index in [4.69, 9.17) is 5.73 Å². The van der Waals surface area contributed by atoms with Crippen LogP contribution in [-0.4, -0.2) is 66.9 Å². The van der Waals surface area contributed by atoms with Crippen molar-refractivity contribution in [1.29, 1.82) is 0 Å². The lowest BCUT2D eigenvalue weighted by Gasteiger charge is -2.33. The van der Waals surface area contributed by atoms with Crippen LogP contribution in [0.25, 0.3) is 10.8 Å². The van der Waals surface area contributed by atoms with Crippen molar-refractivity contribution in [2.45, 2.75) is 37.3 Å². The normalized spacial score (nSPS) is 17.9. The summed E-state index contributed by atoms with van der Waals surface area (Å²) in [6, 6.07) is 32.4. The number of benzene rings is 4. The molecule has 0 aliphatic carbocycles. The van der Waals surface area contributed by atoms with Gasteiger partial charge in [-0.05, 0) is 79.0 Å². The third kappa shape index (κ3) is 7.09. The molecule has 4 aromatic rings. The molecule has 6 nitrogen and oxygen atoms in total. The minimum atomic E-state index is -0.288. The molecular formula is C35H39BrN4O2. The Morgan fingerprint density at radius 1 is 0.952 bits per heavy atom. The van der Waals surface area contributed by atoms with Crippen LogP contribution >= 0.6 is 15.9 Å². The van der Waals surface area contributed by atoms with Crippen LogP contribution in [0.5, 0.6) is 0 Å². The highest BCUT2D eigenvalue weighted by Crippen LogP contribution is 2.28. The number of amides is 2. The van der Waals surface area contributed by atoms with Crippen LogP contribution in [0.4, 0.5) is 0 Å². The fourth-order valence-electron chi connectivity index (χ4n) is 5.99. The average Bonchev–Trinajstić information content (AvgIpc) is 3.13. The van der Waals surface area contributed by atoms with Gasteiger partial charge < -0.3 is 16.0 Å². The van der Waals surface area contributed by atoms with E-state index in [9.17, 15) is 9.59 Å². The fraction of sp³-hybridized carbons (Fsp3) is 0.314. The zero-order chi connectivity index (χ0) is 29.5. The summed E-state index contributed by atoms with van der Waals surface area (Å²) >= 11 is 3.51. The largest absolute Gasteiger partial charge is 0.350 e. The number of rotatable bonds is 10. The van der Waals surface area contributed by atoms with Crippen LogP contribution in [0.2, 0.25) is 0 Å². The molecule has 0 saturated carbocycles. The number of nitrogens with zero attached hydrogens (tertiary/aromatic N) is 2. The predicted molar refractivity (Wildman–Crippen MR) is 174 cm³/mol. The van der Waals surface area contributed by atoms with Crippen molar-refractivity contribution < 1.29 is 9.59 Å². The van der Waals surface area contributed by atoms with E-state index in [0.717, 1.165) is 28.1 Å². The molecule has 0 bridgehead atoms. The number of fused-ring (bicyclic) bond motifs is 1. The standard InChI is InChI=1S/C35H39BrN4O2/c1-39-31(23-38-34(41)29-15-14-28-22-30(36)17-16-27(28)21-29)18-20-40(35(42)33(39)13-8-19-37)24-32(25-9-4-2-5-10-25)26-11-6-3-7-12-26/h2-7,9-12,14-17,21-22,31-33H,8,13,18-20,23-24,37H2,1H3,(H,38,41)/t31-,33-/m0/s1. The lowest BCUT2D eigenvalue weighted by molar-refractivity contribution is -0.135. The first-order valence-corrected chi connectivity index (χ1v) is 15.5. The van der Waals surface area contributed by atoms with E-state index >= 15 is 0 Å². The summed E-state index contributed by atoms with van der Waals surface area (Å²) in [5, 5.41) is 5.26. The van der Waals surface area contributed by atoms with E-state index < -0.39 is 0 Å². The van der Waals surface area contributed by atoms with Gasteiger partial charge in [0.05, 0.1) is 6.04 Å². The molecule has 4 aromatic carbocycles. The zero-order valence-electron chi connectivity index (χ0n) is 24.1. The molecule has 1 aliphatic heterocycles. The Hall–Kier alpha value is -3.52. The summed E-state index contributed by atoms with van der Waals surface area (Å²) in [4.78, 5) is 31.5. The van der Waals surface area contributed by atoms with Gasteiger partial charge in [-0.25, -0.2) is 0 Å². The second kappa shape index (κ2) is 14.1. The minimum absolute atomic E-state index is 0.0222. The first kappa shape index (κ1) is 30.0. The van der Waals surface area contributed by atoms with Crippen LogP contribution in [0.3, 0.4) is 0 Å². The van der Waals surface area contributed by atoms with Gasteiger partial charge >= 0.3 is 0 Å². The SMILES string of the molecule is CN1[C@H](CNC(=O)c2ccc3cc(Br)ccc3c2)CCN(CC(c2ccccc2)c2ccccc2)C(=O)[C@@H]1CCCN. The van der Waals surface area contributed by atoms with Crippen molar-refractivity contribution in [3.8, 4) is 0 Å². The number of hydrogen-bond donors (Lipinski definition) is 2. The number of carbonyl (C=O) groups is 2. The Bertz CT molecular complexity index is 1460. The number of nitrogens with two attached hydrogens (primary N) is 1. The Kier molecular flexibility index (Phi) is 10.1. The number of carbonyl (C=O) groups excluding carboxylic acids is 2. The Morgan fingerprint density at radius 3 is 2.26 bits per heavy atom. The Balaban J connectivity index is 1.33. The topological polar surface area (TPSA) is 78.7 Å². The number of nitrogens with one attached hydrogen (secondary N) is 1. The highest BCUT2D eigenvalue weighted by atomic mass is 79.9. The summed E-state index contributed by atoms with van der Waals surface area (Å²) in [6.45, 7) is 2.24. The molecule has 1 fully saturated rings. The molecule has 0 unspecified atom stereocenters. The smallest absolute Gasteiger partial charge is 0.251 e. The summed E-state index contributed by atoms with van der Waals surface area (Å²) in [7, 11) is 2.01. The maximum Gasteiger partial charge on any atom is 0.251 e. The molecule has 0 radical (unpaired) electrons. The zero-order valence-corrected chi connectivity index (χ0v) is 25.7. The van der Waals surface area contributed by atoms with Gasteiger partial charge in [-0.1, -0.05) is 88.7 Å². The molecule has 2 atom stereocenters. The van der Waals surface area contributed by atoms with Crippen LogP contribution < -0.4 is 11.1 Å². The van der Waals surface area contributed by atoms with Crippen LogP contribution in [0, 0.1) is 0 Å². The monoisotopic (exact) mass is 626 g/mol. The van der Waals surface area contributed by atoms with Gasteiger partial charge in [0.15, 0.2) is 0 Å². The van der Waals surface area contributed by atoms with Crippen molar-refractivity contribution in [2.75, 3.05) is 33.2 Å². The molecule has 1 aliphatic rings. The molecule has 1 saturated heterocycles. The maximum atomic E-state index is 14.1. The van der Waals surface area contributed by atoms with Gasteiger partial charge in [-0.3, -0.25) is 14.5 Å². The highest BCUT2D eigenvalue weighted by molar-refractivity contribution is 9.10. The molecule has 0 spiro atoms. The number of hydrogen-bond acceptors (Lipinski definition) is 4. The molecule has 3 N–H and O–H groups in total. The van der Waals surface area contributed by atoms with E-state index in [1.807, 2.05) is 60.5 Å². The van der Waals surface area contributed by atoms with Crippen molar-refractivity contribution >= 4 is 38.5 Å². The molecule has 0 aromatic heterocycles. The van der Waals surface area contributed by atoms with Gasteiger partial charge in [0, 0.05) is 41.6 Å². The molecular weight excluding hydrogens is 588 g/mol. The van der Waals surface area contributed by atoms with Gasteiger partial charge in [0.2, 0.25) is 5.91 Å². The van der Waals surface area contributed by atoms with E-state index in [0.29, 0.717) is 38.2 Å². The molecule has 42 heavy (non-hydrogen) atoms. The van der Waals surface area contributed by atoms with E-state index in [-0.39, 0.29) is 29.8 Å². The first-order valence-electron chi connectivity index (χ1n) is 14.7. The second-order valence-electron chi connectivity index (χ2n) is 11.1.